The highest BCUT2D eigenvalue weighted by molar-refractivity contribution is 5.24. The lowest BCUT2D eigenvalue weighted by molar-refractivity contribution is -0.0501. The van der Waals surface area contributed by atoms with Crippen LogP contribution in [0.1, 0.15) is 105 Å². The van der Waals surface area contributed by atoms with Gasteiger partial charge in [-0.3, -0.25) is 0 Å². The van der Waals surface area contributed by atoms with Crippen LogP contribution in [0.25, 0.3) is 0 Å². The van der Waals surface area contributed by atoms with Crippen molar-refractivity contribution in [2.75, 3.05) is 6.61 Å². The summed E-state index contributed by atoms with van der Waals surface area (Å²) >= 11 is 0. The summed E-state index contributed by atoms with van der Waals surface area (Å²) in [7, 11) is 0. The van der Waals surface area contributed by atoms with E-state index in [-0.39, 0.29) is 6.61 Å². The Hall–Kier alpha value is -0.560. The van der Waals surface area contributed by atoms with Gasteiger partial charge < -0.3 is 5.11 Å². The van der Waals surface area contributed by atoms with Gasteiger partial charge in [0.15, 0.2) is 0 Å². The molecule has 1 N–H and O–H groups in total. The maximum absolute atomic E-state index is 9.52. The monoisotopic (exact) mass is 412 g/mol. The molecule has 0 aromatic carbocycles. The zero-order valence-corrected chi connectivity index (χ0v) is 20.4. The lowest BCUT2D eigenvalue weighted by atomic mass is 9.47. The molecule has 0 aliphatic heterocycles. The Bertz CT molecular complexity index is 661. The largest absolute Gasteiger partial charge is 0.392 e. The minimum Gasteiger partial charge on any atom is -0.392 e. The fraction of sp³-hybridized carbons (Fsp3) is 0.862. The fourth-order valence-electron chi connectivity index (χ4n) is 9.16. The van der Waals surface area contributed by atoms with Crippen LogP contribution in [-0.4, -0.2) is 11.7 Å². The van der Waals surface area contributed by atoms with Crippen LogP contribution >= 0.6 is 0 Å². The summed E-state index contributed by atoms with van der Waals surface area (Å²) in [4.78, 5) is 0. The number of hydrogen-bond acceptors (Lipinski definition) is 1. The Kier molecular flexibility index (Phi) is 6.61. The van der Waals surface area contributed by atoms with Crippen molar-refractivity contribution in [1.29, 1.82) is 0 Å². The van der Waals surface area contributed by atoms with Crippen LogP contribution in [0.3, 0.4) is 0 Å². The third-order valence-corrected chi connectivity index (χ3v) is 11.0. The average molecular weight is 413 g/mol. The molecule has 8 atom stereocenters. The van der Waals surface area contributed by atoms with Crippen LogP contribution in [-0.2, 0) is 0 Å². The van der Waals surface area contributed by atoms with Crippen LogP contribution in [0.2, 0.25) is 0 Å². The van der Waals surface area contributed by atoms with Crippen LogP contribution < -0.4 is 0 Å². The zero-order valence-electron chi connectivity index (χ0n) is 20.4. The maximum atomic E-state index is 9.52. The molecule has 0 amide bonds. The summed E-state index contributed by atoms with van der Waals surface area (Å²) < 4.78 is 0. The second kappa shape index (κ2) is 8.76. The van der Waals surface area contributed by atoms with Crippen LogP contribution in [0.4, 0.5) is 0 Å². The van der Waals surface area contributed by atoms with E-state index < -0.39 is 0 Å². The predicted octanol–water partition coefficient (Wildman–Crippen LogP) is 7.95. The molecule has 3 fully saturated rings. The summed E-state index contributed by atoms with van der Waals surface area (Å²) in [6.45, 7) is 14.4. The van der Waals surface area contributed by atoms with Crippen molar-refractivity contribution in [3.8, 4) is 0 Å². The van der Waals surface area contributed by atoms with E-state index in [0.717, 1.165) is 41.6 Å². The highest BCUT2D eigenvalue weighted by atomic mass is 16.3. The first kappa shape index (κ1) is 22.6. The van der Waals surface area contributed by atoms with Crippen molar-refractivity contribution in [3.63, 3.8) is 0 Å². The molecule has 1 unspecified atom stereocenters. The minimum atomic E-state index is 0.160. The molecule has 3 saturated carbocycles. The molecule has 4 aliphatic carbocycles. The molecule has 30 heavy (non-hydrogen) atoms. The van der Waals surface area contributed by atoms with Gasteiger partial charge >= 0.3 is 0 Å². The van der Waals surface area contributed by atoms with Crippen LogP contribution in [0.5, 0.6) is 0 Å². The lowest BCUT2D eigenvalue weighted by Crippen LogP contribution is -2.50. The van der Waals surface area contributed by atoms with E-state index in [0.29, 0.717) is 16.7 Å². The molecule has 0 bridgehead atoms. The van der Waals surface area contributed by atoms with Gasteiger partial charge in [-0.1, -0.05) is 52.3 Å². The molecule has 0 aromatic heterocycles. The Morgan fingerprint density at radius 3 is 2.67 bits per heavy atom. The highest BCUT2D eigenvalue weighted by Crippen LogP contribution is 2.67. The molecule has 0 spiro atoms. The normalized spacial score (nSPS) is 42.5. The minimum absolute atomic E-state index is 0.160. The molecule has 0 heterocycles. The van der Waals surface area contributed by atoms with Crippen molar-refractivity contribution in [1.82, 2.24) is 0 Å². The van der Waals surface area contributed by atoms with Gasteiger partial charge in [0.25, 0.3) is 0 Å². The average Bonchev–Trinajstić information content (AvgIpc) is 3.10. The predicted molar refractivity (Wildman–Crippen MR) is 128 cm³/mol. The smallest absolute Gasteiger partial charge is 0.0641 e. The fourth-order valence-corrected chi connectivity index (χ4v) is 9.16. The SMILES string of the molecule is C=C(CO)C(CC)CC[C@@H](C)[C@H]1CC[C@H]2[C@@H]3CC=C4CCCC[C@]4(C)[C@H]3CC[C@]12C. The zero-order chi connectivity index (χ0) is 21.5. The first-order valence-corrected chi connectivity index (χ1v) is 13.3. The quantitative estimate of drug-likeness (QED) is 0.421. The van der Waals surface area contributed by atoms with Crippen LogP contribution in [0, 0.1) is 46.3 Å². The summed E-state index contributed by atoms with van der Waals surface area (Å²) in [5.41, 5.74) is 3.99. The number of rotatable bonds is 7. The van der Waals surface area contributed by atoms with Gasteiger partial charge in [-0.15, -0.1) is 0 Å². The molecular weight excluding hydrogens is 364 g/mol. The van der Waals surface area contributed by atoms with Gasteiger partial charge in [-0.2, -0.15) is 0 Å². The van der Waals surface area contributed by atoms with Crippen molar-refractivity contribution in [3.05, 3.63) is 23.8 Å². The van der Waals surface area contributed by atoms with E-state index >= 15 is 0 Å². The van der Waals surface area contributed by atoms with Gasteiger partial charge in [-0.25, -0.2) is 0 Å². The van der Waals surface area contributed by atoms with Gasteiger partial charge in [0.2, 0.25) is 0 Å². The summed E-state index contributed by atoms with van der Waals surface area (Å²) in [6, 6.07) is 0. The third-order valence-electron chi connectivity index (χ3n) is 11.0. The van der Waals surface area contributed by atoms with Crippen molar-refractivity contribution < 1.29 is 5.11 Å². The molecule has 4 rings (SSSR count). The lowest BCUT2D eigenvalue weighted by Gasteiger charge is -2.58. The summed E-state index contributed by atoms with van der Waals surface area (Å²) in [5.74, 6) is 5.07. The van der Waals surface area contributed by atoms with Crippen molar-refractivity contribution >= 4 is 0 Å². The Morgan fingerprint density at radius 2 is 1.93 bits per heavy atom. The first-order valence-electron chi connectivity index (χ1n) is 13.3. The molecule has 1 nitrogen and oxygen atoms in total. The Morgan fingerprint density at radius 1 is 1.13 bits per heavy atom. The highest BCUT2D eigenvalue weighted by Gasteiger charge is 2.58. The molecule has 1 heteroatoms. The van der Waals surface area contributed by atoms with E-state index in [4.69, 9.17) is 0 Å². The van der Waals surface area contributed by atoms with E-state index in [9.17, 15) is 5.11 Å². The molecule has 0 radical (unpaired) electrons. The maximum Gasteiger partial charge on any atom is 0.0641 e. The molecular formula is C29H48O. The summed E-state index contributed by atoms with van der Waals surface area (Å²) in [5, 5.41) is 9.52. The number of hydrogen-bond donors (Lipinski definition) is 1. The molecule has 0 saturated heterocycles. The second-order valence-corrected chi connectivity index (χ2v) is 12.2. The van der Waals surface area contributed by atoms with Crippen molar-refractivity contribution in [2.45, 2.75) is 105 Å². The number of allylic oxidation sites excluding steroid dienone is 2. The van der Waals surface area contributed by atoms with E-state index in [2.05, 4.69) is 40.3 Å². The Balaban J connectivity index is 1.46. The van der Waals surface area contributed by atoms with E-state index in [1.165, 1.54) is 70.6 Å². The second-order valence-electron chi connectivity index (χ2n) is 12.2. The number of fused-ring (bicyclic) bond motifs is 5. The molecule has 0 aromatic rings. The number of aliphatic hydroxyl groups excluding tert-OH is 1. The van der Waals surface area contributed by atoms with Gasteiger partial charge in [0, 0.05) is 0 Å². The Labute approximate surface area is 186 Å². The third kappa shape index (κ3) is 3.66. The summed E-state index contributed by atoms with van der Waals surface area (Å²) in [6.07, 6.45) is 19.3. The van der Waals surface area contributed by atoms with Gasteiger partial charge in [0.1, 0.15) is 0 Å². The van der Waals surface area contributed by atoms with Gasteiger partial charge in [0.05, 0.1) is 6.61 Å². The first-order chi connectivity index (χ1) is 14.3. The number of aliphatic hydroxyl groups is 1. The van der Waals surface area contributed by atoms with Crippen molar-refractivity contribution in [2.24, 2.45) is 46.3 Å². The van der Waals surface area contributed by atoms with Gasteiger partial charge in [-0.05, 0) is 123 Å². The molecule has 170 valence electrons. The standard InChI is InChI=1S/C29H48O/c1-6-22(21(3)19-30)11-10-20(2)25-14-15-26-24-13-12-23-9-7-8-17-28(23,4)27(24)16-18-29(25,26)5/h12,20,22,24-27,30H,3,6-11,13-19H2,1-2,4-5H3/t20-,22?,24+,25-,26+,27+,28+,29-/m1/s1. The van der Waals surface area contributed by atoms with Crippen LogP contribution in [0.15, 0.2) is 23.8 Å². The molecule has 4 aliphatic rings. The van der Waals surface area contributed by atoms with E-state index in [1.54, 1.807) is 0 Å². The van der Waals surface area contributed by atoms with E-state index in [1.807, 2.05) is 5.57 Å². The topological polar surface area (TPSA) is 20.2 Å².